The van der Waals surface area contributed by atoms with E-state index in [0.29, 0.717) is 18.0 Å². The van der Waals surface area contributed by atoms with Crippen molar-refractivity contribution in [2.45, 2.75) is 25.3 Å². The van der Waals surface area contributed by atoms with Crippen LogP contribution in [0.4, 0.5) is 0 Å². The smallest absolute Gasteiger partial charge is 0.233 e. The molecule has 0 aliphatic heterocycles. The van der Waals surface area contributed by atoms with E-state index in [2.05, 4.69) is 5.32 Å². The second-order valence-electron chi connectivity index (χ2n) is 4.68. The van der Waals surface area contributed by atoms with Crippen LogP contribution < -0.4 is 10.1 Å². The highest BCUT2D eigenvalue weighted by atomic mass is 32.2. The van der Waals surface area contributed by atoms with Crippen LogP contribution in [0.3, 0.4) is 0 Å². The van der Waals surface area contributed by atoms with Crippen molar-refractivity contribution in [3.63, 3.8) is 0 Å². The van der Waals surface area contributed by atoms with Crippen molar-refractivity contribution in [3.05, 3.63) is 46.2 Å². The summed E-state index contributed by atoms with van der Waals surface area (Å²) in [7, 11) is -1.34. The number of rotatable bonds is 7. The molecule has 0 bridgehead atoms. The van der Waals surface area contributed by atoms with Gasteiger partial charge in [-0.1, -0.05) is 0 Å². The maximum atomic E-state index is 12.2. The Morgan fingerprint density at radius 2 is 1.95 bits per heavy atom. The summed E-state index contributed by atoms with van der Waals surface area (Å²) in [4.78, 5) is 14.8. The van der Waals surface area contributed by atoms with Crippen LogP contribution in [0.15, 0.2) is 41.3 Å². The SMILES string of the molecule is CCOc1ccc([S@](=O)CC(=O)NCc2ccc(C)s2)cc1. The lowest BCUT2D eigenvalue weighted by atomic mass is 10.3. The first-order chi connectivity index (χ1) is 10.6. The summed E-state index contributed by atoms with van der Waals surface area (Å²) >= 11 is 1.65. The van der Waals surface area contributed by atoms with Crippen molar-refractivity contribution in [3.8, 4) is 5.75 Å². The zero-order valence-corrected chi connectivity index (χ0v) is 14.3. The molecule has 2 rings (SSSR count). The largest absolute Gasteiger partial charge is 0.494 e. The van der Waals surface area contributed by atoms with Crippen molar-refractivity contribution < 1.29 is 13.7 Å². The van der Waals surface area contributed by atoms with Gasteiger partial charge in [0.2, 0.25) is 5.91 Å². The maximum Gasteiger partial charge on any atom is 0.233 e. The number of hydrogen-bond donors (Lipinski definition) is 1. The van der Waals surface area contributed by atoms with E-state index in [1.807, 2.05) is 26.0 Å². The lowest BCUT2D eigenvalue weighted by molar-refractivity contribution is -0.118. The summed E-state index contributed by atoms with van der Waals surface area (Å²) < 4.78 is 17.5. The summed E-state index contributed by atoms with van der Waals surface area (Å²) in [5.41, 5.74) is 0. The third-order valence-corrected chi connectivity index (χ3v) is 5.24. The quantitative estimate of drug-likeness (QED) is 0.845. The highest BCUT2D eigenvalue weighted by molar-refractivity contribution is 7.85. The monoisotopic (exact) mass is 337 g/mol. The standard InChI is InChI=1S/C16H19NO3S2/c1-3-20-13-5-8-15(9-6-13)22(19)11-16(18)17-10-14-7-4-12(2)21-14/h4-9H,3,10-11H2,1-2H3,(H,17,18)/t22-/m1/s1. The van der Waals surface area contributed by atoms with Crippen molar-refractivity contribution in [2.24, 2.45) is 0 Å². The fourth-order valence-corrected chi connectivity index (χ4v) is 3.65. The average Bonchev–Trinajstić information content (AvgIpc) is 2.92. The Balaban J connectivity index is 1.83. The highest BCUT2D eigenvalue weighted by Crippen LogP contribution is 2.16. The number of nitrogens with one attached hydrogen (secondary N) is 1. The van der Waals surface area contributed by atoms with E-state index in [1.54, 1.807) is 35.6 Å². The molecular formula is C16H19NO3S2. The first-order valence-corrected chi connectivity index (χ1v) is 9.15. The molecule has 1 N–H and O–H groups in total. The topological polar surface area (TPSA) is 55.4 Å². The molecule has 0 unspecified atom stereocenters. The maximum absolute atomic E-state index is 12.2. The molecule has 0 aliphatic carbocycles. The van der Waals surface area contributed by atoms with Gasteiger partial charge in [-0.2, -0.15) is 0 Å². The van der Waals surface area contributed by atoms with E-state index >= 15 is 0 Å². The van der Waals surface area contributed by atoms with Crippen molar-refractivity contribution >= 4 is 28.0 Å². The Bertz CT molecular complexity index is 650. The molecule has 0 saturated carbocycles. The van der Waals surface area contributed by atoms with Gasteiger partial charge in [0, 0.05) is 14.6 Å². The Morgan fingerprint density at radius 1 is 1.23 bits per heavy atom. The molecule has 1 heterocycles. The van der Waals surface area contributed by atoms with E-state index in [9.17, 15) is 9.00 Å². The second kappa shape index (κ2) is 8.10. The molecule has 4 nitrogen and oxygen atoms in total. The molecule has 0 aliphatic rings. The van der Waals surface area contributed by atoms with Crippen LogP contribution in [-0.2, 0) is 22.1 Å². The van der Waals surface area contributed by atoms with Crippen molar-refractivity contribution in [1.29, 1.82) is 0 Å². The van der Waals surface area contributed by atoms with E-state index in [-0.39, 0.29) is 11.7 Å². The number of carbonyl (C=O) groups excluding carboxylic acids is 1. The molecule has 22 heavy (non-hydrogen) atoms. The normalized spacial score (nSPS) is 11.9. The Hall–Kier alpha value is -1.66. The minimum Gasteiger partial charge on any atom is -0.494 e. The van der Waals surface area contributed by atoms with Gasteiger partial charge in [0.25, 0.3) is 0 Å². The first kappa shape index (κ1) is 16.7. The van der Waals surface area contributed by atoms with E-state index in [1.165, 1.54) is 4.88 Å². The molecule has 6 heteroatoms. The zero-order chi connectivity index (χ0) is 15.9. The molecule has 1 atom stereocenters. The number of aryl methyl sites for hydroxylation is 1. The lowest BCUT2D eigenvalue weighted by Gasteiger charge is -2.06. The second-order valence-corrected chi connectivity index (χ2v) is 7.51. The molecule has 0 fully saturated rings. The zero-order valence-electron chi connectivity index (χ0n) is 12.6. The molecule has 2 aromatic rings. The molecule has 0 saturated heterocycles. The summed E-state index contributed by atoms with van der Waals surface area (Å²) in [6, 6.07) is 11.0. The Kier molecular flexibility index (Phi) is 6.15. The molecule has 0 spiro atoms. The average molecular weight is 337 g/mol. The summed E-state index contributed by atoms with van der Waals surface area (Å²) in [6.07, 6.45) is 0. The van der Waals surface area contributed by atoms with E-state index < -0.39 is 10.8 Å². The van der Waals surface area contributed by atoms with Gasteiger partial charge < -0.3 is 10.1 Å². The van der Waals surface area contributed by atoms with Gasteiger partial charge in [0.1, 0.15) is 11.5 Å². The van der Waals surface area contributed by atoms with Crippen LogP contribution in [0.2, 0.25) is 0 Å². The van der Waals surface area contributed by atoms with Gasteiger partial charge in [-0.05, 0) is 50.2 Å². The van der Waals surface area contributed by atoms with E-state index in [0.717, 1.165) is 10.6 Å². The van der Waals surface area contributed by atoms with Gasteiger partial charge >= 0.3 is 0 Å². The highest BCUT2D eigenvalue weighted by Gasteiger charge is 2.10. The van der Waals surface area contributed by atoms with Crippen LogP contribution in [0.5, 0.6) is 5.75 Å². The third kappa shape index (κ3) is 4.96. The Morgan fingerprint density at radius 3 is 2.55 bits per heavy atom. The van der Waals surface area contributed by atoms with E-state index in [4.69, 9.17) is 4.74 Å². The minimum atomic E-state index is -1.34. The lowest BCUT2D eigenvalue weighted by Crippen LogP contribution is -2.27. The van der Waals surface area contributed by atoms with Gasteiger partial charge in [-0.25, -0.2) is 0 Å². The fourth-order valence-electron chi connectivity index (χ4n) is 1.87. The predicted molar refractivity (Wildman–Crippen MR) is 89.8 cm³/mol. The van der Waals surface area contributed by atoms with Crippen LogP contribution in [0.25, 0.3) is 0 Å². The summed E-state index contributed by atoms with van der Waals surface area (Å²) in [5, 5.41) is 2.80. The van der Waals surface area contributed by atoms with Gasteiger partial charge in [-0.3, -0.25) is 9.00 Å². The number of thiophene rings is 1. The molecule has 1 amide bonds. The van der Waals surface area contributed by atoms with Crippen LogP contribution >= 0.6 is 11.3 Å². The number of ether oxygens (including phenoxy) is 1. The number of benzene rings is 1. The van der Waals surface area contributed by atoms with Crippen LogP contribution in [0.1, 0.15) is 16.7 Å². The number of hydrogen-bond acceptors (Lipinski definition) is 4. The number of amides is 1. The first-order valence-electron chi connectivity index (χ1n) is 7.01. The minimum absolute atomic E-state index is 0.0294. The summed E-state index contributed by atoms with van der Waals surface area (Å²) in [6.45, 7) is 5.01. The summed E-state index contributed by atoms with van der Waals surface area (Å²) in [5.74, 6) is 0.497. The van der Waals surface area contributed by atoms with Gasteiger partial charge in [0.05, 0.1) is 24.0 Å². The van der Waals surface area contributed by atoms with Crippen molar-refractivity contribution in [1.82, 2.24) is 5.32 Å². The third-order valence-electron chi connectivity index (χ3n) is 2.92. The molecule has 0 radical (unpaired) electrons. The molecule has 1 aromatic carbocycles. The predicted octanol–water partition coefficient (Wildman–Crippen LogP) is 2.88. The van der Waals surface area contributed by atoms with Crippen molar-refractivity contribution in [2.75, 3.05) is 12.4 Å². The van der Waals surface area contributed by atoms with Crippen LogP contribution in [0, 0.1) is 6.92 Å². The van der Waals surface area contributed by atoms with Gasteiger partial charge in [0.15, 0.2) is 0 Å². The molecule has 118 valence electrons. The molecular weight excluding hydrogens is 318 g/mol. The molecule has 1 aromatic heterocycles. The fraction of sp³-hybridized carbons (Fsp3) is 0.312. The van der Waals surface area contributed by atoms with Gasteiger partial charge in [-0.15, -0.1) is 11.3 Å². The Labute approximate surface area is 137 Å². The number of carbonyl (C=O) groups is 1. The van der Waals surface area contributed by atoms with Crippen LogP contribution in [-0.4, -0.2) is 22.5 Å².